The van der Waals surface area contributed by atoms with Crippen LogP contribution < -0.4 is 10.7 Å². The molecule has 0 unspecified atom stereocenters. The Morgan fingerprint density at radius 1 is 1.22 bits per heavy atom. The largest absolute Gasteiger partial charge is 0.545 e. The zero-order valence-corrected chi connectivity index (χ0v) is 15.8. The van der Waals surface area contributed by atoms with Gasteiger partial charge in [-0.15, -0.1) is 11.3 Å². The number of carbonyl (C=O) groups is 1. The van der Waals surface area contributed by atoms with Crippen LogP contribution in [0, 0.1) is 13.8 Å². The fourth-order valence-corrected chi connectivity index (χ4v) is 4.05. The number of H-pyrrole nitrogens is 1. The van der Waals surface area contributed by atoms with E-state index in [1.54, 1.807) is 18.2 Å². The molecular formula is C19H12ClN2O4S-. The lowest BCUT2D eigenvalue weighted by Crippen LogP contribution is -2.22. The average molecular weight is 400 g/mol. The Balaban J connectivity index is 1.79. The van der Waals surface area contributed by atoms with E-state index in [-0.39, 0.29) is 16.1 Å². The smallest absolute Gasteiger partial charge is 0.260 e. The van der Waals surface area contributed by atoms with Crippen molar-refractivity contribution in [3.05, 3.63) is 61.7 Å². The topological polar surface area (TPSA) is 99.0 Å². The number of hydrogen-bond acceptors (Lipinski definition) is 6. The third kappa shape index (κ3) is 2.94. The minimum absolute atomic E-state index is 0.0883. The Hall–Kier alpha value is -2.90. The zero-order chi connectivity index (χ0) is 19.3. The lowest BCUT2D eigenvalue weighted by Gasteiger charge is -2.06. The van der Waals surface area contributed by atoms with Crippen molar-refractivity contribution in [2.45, 2.75) is 13.8 Å². The van der Waals surface area contributed by atoms with Gasteiger partial charge in [0.2, 0.25) is 0 Å². The van der Waals surface area contributed by atoms with Gasteiger partial charge in [-0.25, -0.2) is 4.98 Å². The summed E-state index contributed by atoms with van der Waals surface area (Å²) in [4.78, 5) is 32.5. The van der Waals surface area contributed by atoms with E-state index in [1.165, 1.54) is 23.5 Å². The molecule has 0 amide bonds. The fourth-order valence-electron chi connectivity index (χ4n) is 2.83. The molecule has 4 aromatic rings. The Morgan fingerprint density at radius 3 is 2.70 bits per heavy atom. The van der Waals surface area contributed by atoms with E-state index in [4.69, 9.17) is 16.0 Å². The molecule has 0 atom stereocenters. The summed E-state index contributed by atoms with van der Waals surface area (Å²) >= 11 is 7.32. The molecule has 0 radical (unpaired) electrons. The number of thiophene rings is 1. The third-order valence-corrected chi connectivity index (χ3v) is 5.78. The molecule has 8 heteroatoms. The van der Waals surface area contributed by atoms with Crippen LogP contribution >= 0.6 is 22.9 Å². The quantitative estimate of drug-likeness (QED) is 0.568. The van der Waals surface area contributed by atoms with E-state index < -0.39 is 5.97 Å². The number of aromatic nitrogens is 2. The van der Waals surface area contributed by atoms with Gasteiger partial charge in [0.25, 0.3) is 5.56 Å². The van der Waals surface area contributed by atoms with Crippen molar-refractivity contribution in [3.63, 3.8) is 0 Å². The fraction of sp³-hybridized carbons (Fsp3) is 0.105. The molecule has 0 saturated carbocycles. The van der Waals surface area contributed by atoms with Crippen molar-refractivity contribution in [3.8, 4) is 22.9 Å². The minimum Gasteiger partial charge on any atom is -0.545 e. The maximum atomic E-state index is 12.4. The molecule has 0 bridgehead atoms. The summed E-state index contributed by atoms with van der Waals surface area (Å²) in [5, 5.41) is 11.8. The first-order chi connectivity index (χ1) is 12.8. The molecule has 0 aliphatic heterocycles. The number of halogens is 1. The SMILES string of the molecule is Cc1sc2nc(-c3ccc(-c4ccc(Cl)c(C(=O)[O-])c4)o3)[nH]c(=O)c2c1C. The van der Waals surface area contributed by atoms with E-state index in [1.807, 2.05) is 13.8 Å². The van der Waals surface area contributed by atoms with Crippen LogP contribution in [-0.2, 0) is 0 Å². The summed E-state index contributed by atoms with van der Waals surface area (Å²) in [6.45, 7) is 3.84. The highest BCUT2D eigenvalue weighted by atomic mass is 35.5. The Labute approximate surface area is 162 Å². The number of aromatic amines is 1. The summed E-state index contributed by atoms with van der Waals surface area (Å²) < 4.78 is 5.79. The number of hydrogen-bond donors (Lipinski definition) is 1. The van der Waals surface area contributed by atoms with Gasteiger partial charge in [0.15, 0.2) is 11.6 Å². The van der Waals surface area contributed by atoms with Crippen molar-refractivity contribution < 1.29 is 14.3 Å². The number of nitrogens with zero attached hydrogens (tertiary/aromatic N) is 1. The van der Waals surface area contributed by atoms with E-state index in [0.717, 1.165) is 10.4 Å². The Bertz CT molecular complexity index is 1270. The number of carboxylic acids is 1. The Morgan fingerprint density at radius 2 is 1.96 bits per heavy atom. The number of aryl methyl sites for hydroxylation is 2. The maximum Gasteiger partial charge on any atom is 0.260 e. The number of fused-ring (bicyclic) bond motifs is 1. The monoisotopic (exact) mass is 399 g/mol. The number of nitrogens with one attached hydrogen (secondary N) is 1. The minimum atomic E-state index is -1.37. The van der Waals surface area contributed by atoms with E-state index >= 15 is 0 Å². The van der Waals surface area contributed by atoms with Crippen LogP contribution in [0.25, 0.3) is 33.1 Å². The highest BCUT2D eigenvalue weighted by Crippen LogP contribution is 2.31. The number of furan rings is 1. The van der Waals surface area contributed by atoms with Gasteiger partial charge in [-0.3, -0.25) is 4.79 Å². The molecule has 4 rings (SSSR count). The number of benzene rings is 1. The second-order valence-electron chi connectivity index (χ2n) is 6.02. The second kappa shape index (κ2) is 6.37. The zero-order valence-electron chi connectivity index (χ0n) is 14.3. The van der Waals surface area contributed by atoms with Gasteiger partial charge < -0.3 is 19.3 Å². The number of carbonyl (C=O) groups excluding carboxylic acids is 1. The molecule has 0 spiro atoms. The average Bonchev–Trinajstić information content (AvgIpc) is 3.21. The standard InChI is InChI=1S/C19H13ClN2O4S/c1-8-9(2)27-18-15(8)17(23)21-16(22-18)14-6-5-13(26-14)10-3-4-12(20)11(7-10)19(24)25/h3-7H,1-2H3,(H,24,25)(H,21,22,23)/p-1. The summed E-state index contributed by atoms with van der Waals surface area (Å²) in [7, 11) is 0. The number of aromatic carboxylic acids is 1. The van der Waals surface area contributed by atoms with Crippen LogP contribution in [-0.4, -0.2) is 15.9 Å². The van der Waals surface area contributed by atoms with Crippen LogP contribution in [0.15, 0.2) is 39.5 Å². The molecular weight excluding hydrogens is 388 g/mol. The van der Waals surface area contributed by atoms with Crippen molar-refractivity contribution in [1.29, 1.82) is 0 Å². The maximum absolute atomic E-state index is 12.4. The number of carboxylic acid groups (broad SMARTS) is 1. The molecule has 136 valence electrons. The molecule has 1 N–H and O–H groups in total. The molecule has 0 saturated heterocycles. The van der Waals surface area contributed by atoms with Gasteiger partial charge >= 0.3 is 0 Å². The van der Waals surface area contributed by atoms with E-state index in [9.17, 15) is 14.7 Å². The Kier molecular flexibility index (Phi) is 4.13. The van der Waals surface area contributed by atoms with Crippen molar-refractivity contribution >= 4 is 39.1 Å². The van der Waals surface area contributed by atoms with Crippen molar-refractivity contribution in [2.24, 2.45) is 0 Å². The molecule has 27 heavy (non-hydrogen) atoms. The first kappa shape index (κ1) is 17.5. The summed E-state index contributed by atoms with van der Waals surface area (Å²) in [6.07, 6.45) is 0. The van der Waals surface area contributed by atoms with Crippen molar-refractivity contribution in [2.75, 3.05) is 0 Å². The first-order valence-corrected chi connectivity index (χ1v) is 9.16. The van der Waals surface area contributed by atoms with Gasteiger partial charge in [0.1, 0.15) is 10.6 Å². The van der Waals surface area contributed by atoms with Gasteiger partial charge in [-0.2, -0.15) is 0 Å². The summed E-state index contributed by atoms with van der Waals surface area (Å²) in [5.74, 6) is -0.259. The van der Waals surface area contributed by atoms with Crippen LogP contribution in [0.5, 0.6) is 0 Å². The summed E-state index contributed by atoms with van der Waals surface area (Å²) in [5.41, 5.74) is 1.10. The molecule has 0 fully saturated rings. The number of rotatable bonds is 3. The highest BCUT2D eigenvalue weighted by Gasteiger charge is 2.15. The van der Waals surface area contributed by atoms with Crippen LogP contribution in [0.3, 0.4) is 0 Å². The van der Waals surface area contributed by atoms with Crippen LogP contribution in [0.1, 0.15) is 20.8 Å². The molecule has 3 heterocycles. The lowest BCUT2D eigenvalue weighted by atomic mass is 10.1. The molecule has 0 aliphatic carbocycles. The van der Waals surface area contributed by atoms with Gasteiger partial charge in [-0.05, 0) is 49.7 Å². The lowest BCUT2D eigenvalue weighted by molar-refractivity contribution is -0.255. The normalized spacial score (nSPS) is 11.2. The van der Waals surface area contributed by atoms with Gasteiger partial charge in [-0.1, -0.05) is 11.6 Å². The van der Waals surface area contributed by atoms with Crippen LogP contribution in [0.4, 0.5) is 0 Å². The molecule has 0 aliphatic rings. The molecule has 6 nitrogen and oxygen atoms in total. The van der Waals surface area contributed by atoms with Crippen LogP contribution in [0.2, 0.25) is 5.02 Å². The predicted molar refractivity (Wildman–Crippen MR) is 102 cm³/mol. The first-order valence-electron chi connectivity index (χ1n) is 7.96. The second-order valence-corrected chi connectivity index (χ2v) is 7.63. The highest BCUT2D eigenvalue weighted by molar-refractivity contribution is 7.18. The predicted octanol–water partition coefficient (Wildman–Crippen LogP) is 3.55. The van der Waals surface area contributed by atoms with Gasteiger partial charge in [0.05, 0.1) is 11.4 Å². The summed E-state index contributed by atoms with van der Waals surface area (Å²) in [6, 6.07) is 7.83. The van der Waals surface area contributed by atoms with E-state index in [0.29, 0.717) is 33.1 Å². The molecule has 3 aromatic heterocycles. The van der Waals surface area contributed by atoms with Crippen molar-refractivity contribution in [1.82, 2.24) is 9.97 Å². The van der Waals surface area contributed by atoms with E-state index in [2.05, 4.69) is 9.97 Å². The molecule has 1 aromatic carbocycles. The third-order valence-electron chi connectivity index (χ3n) is 4.35. The van der Waals surface area contributed by atoms with Gasteiger partial charge in [0, 0.05) is 21.0 Å².